The fourth-order valence-corrected chi connectivity index (χ4v) is 1.98. The molecule has 3 nitrogen and oxygen atoms in total. The monoisotopic (exact) mass is 215 g/mol. The van der Waals surface area contributed by atoms with Gasteiger partial charge in [-0.05, 0) is 45.3 Å². The first-order chi connectivity index (χ1) is 7.36. The smallest absolute Gasteiger partial charge is 0.0700 e. The molecule has 1 aliphatic rings. The Labute approximate surface area is 93.7 Å². The van der Waals surface area contributed by atoms with Crippen LogP contribution in [0.1, 0.15) is 26.7 Å². The van der Waals surface area contributed by atoms with Gasteiger partial charge < -0.3 is 14.4 Å². The molecule has 0 bridgehead atoms. The molecule has 0 aromatic heterocycles. The van der Waals surface area contributed by atoms with Gasteiger partial charge in [-0.2, -0.15) is 0 Å². The lowest BCUT2D eigenvalue weighted by Gasteiger charge is -2.30. The Balaban J connectivity index is 1.94. The number of ether oxygens (including phenoxy) is 2. The van der Waals surface area contributed by atoms with Gasteiger partial charge in [0.15, 0.2) is 0 Å². The van der Waals surface area contributed by atoms with Crippen molar-refractivity contribution in [3.05, 3.63) is 0 Å². The van der Waals surface area contributed by atoms with E-state index >= 15 is 0 Å². The van der Waals surface area contributed by atoms with Crippen LogP contribution in [-0.4, -0.2) is 51.0 Å². The van der Waals surface area contributed by atoms with Crippen molar-refractivity contribution in [3.8, 4) is 0 Å². The molecule has 1 saturated heterocycles. The van der Waals surface area contributed by atoms with Crippen LogP contribution in [0.2, 0.25) is 0 Å². The predicted octanol–water partition coefficient (Wildman–Crippen LogP) is 1.77. The molecule has 0 aromatic carbocycles. The van der Waals surface area contributed by atoms with Crippen LogP contribution in [-0.2, 0) is 9.47 Å². The SMILES string of the molecule is CCOCCOCC1CCN(CC)CC1. The van der Waals surface area contributed by atoms with Crippen molar-refractivity contribution in [2.75, 3.05) is 46.1 Å². The van der Waals surface area contributed by atoms with Gasteiger partial charge >= 0.3 is 0 Å². The van der Waals surface area contributed by atoms with Crippen LogP contribution in [0.15, 0.2) is 0 Å². The first-order valence-electron chi connectivity index (χ1n) is 6.24. The number of hydrogen-bond donors (Lipinski definition) is 0. The number of hydrogen-bond acceptors (Lipinski definition) is 3. The Kier molecular flexibility index (Phi) is 6.98. The molecule has 1 rings (SSSR count). The molecule has 1 aliphatic heterocycles. The molecule has 90 valence electrons. The Morgan fingerprint density at radius 1 is 1.07 bits per heavy atom. The average molecular weight is 215 g/mol. The lowest BCUT2D eigenvalue weighted by atomic mass is 9.98. The van der Waals surface area contributed by atoms with Crippen molar-refractivity contribution in [1.29, 1.82) is 0 Å². The van der Waals surface area contributed by atoms with Gasteiger partial charge in [0.1, 0.15) is 0 Å². The summed E-state index contributed by atoms with van der Waals surface area (Å²) in [4.78, 5) is 2.51. The fraction of sp³-hybridized carbons (Fsp3) is 1.00. The summed E-state index contributed by atoms with van der Waals surface area (Å²) in [5.41, 5.74) is 0. The summed E-state index contributed by atoms with van der Waals surface area (Å²) in [6.45, 7) is 11.1. The van der Waals surface area contributed by atoms with Crippen molar-refractivity contribution >= 4 is 0 Å². The second-order valence-electron chi connectivity index (χ2n) is 4.15. The Bertz CT molecular complexity index is 145. The summed E-state index contributed by atoms with van der Waals surface area (Å²) in [5.74, 6) is 0.773. The summed E-state index contributed by atoms with van der Waals surface area (Å²) in [6, 6.07) is 0. The van der Waals surface area contributed by atoms with Gasteiger partial charge in [0.25, 0.3) is 0 Å². The lowest BCUT2D eigenvalue weighted by Crippen LogP contribution is -2.34. The van der Waals surface area contributed by atoms with E-state index in [0.717, 1.165) is 32.3 Å². The number of likely N-dealkylation sites (tertiary alicyclic amines) is 1. The molecule has 0 amide bonds. The van der Waals surface area contributed by atoms with Crippen molar-refractivity contribution < 1.29 is 9.47 Å². The fourth-order valence-electron chi connectivity index (χ4n) is 1.98. The van der Waals surface area contributed by atoms with Gasteiger partial charge in [-0.15, -0.1) is 0 Å². The Hall–Kier alpha value is -0.120. The first kappa shape index (κ1) is 12.9. The maximum Gasteiger partial charge on any atom is 0.0700 e. The van der Waals surface area contributed by atoms with Crippen LogP contribution >= 0.6 is 0 Å². The standard InChI is InChI=1S/C12H25NO2/c1-3-13-7-5-12(6-8-13)11-15-10-9-14-4-2/h12H,3-11H2,1-2H3. The molecule has 1 heterocycles. The minimum atomic E-state index is 0.740. The van der Waals surface area contributed by atoms with Gasteiger partial charge in [0.2, 0.25) is 0 Å². The van der Waals surface area contributed by atoms with E-state index in [1.165, 1.54) is 32.5 Å². The highest BCUT2D eigenvalue weighted by molar-refractivity contribution is 4.70. The highest BCUT2D eigenvalue weighted by atomic mass is 16.5. The van der Waals surface area contributed by atoms with E-state index in [1.54, 1.807) is 0 Å². The highest BCUT2D eigenvalue weighted by Crippen LogP contribution is 2.16. The van der Waals surface area contributed by atoms with Gasteiger partial charge in [0, 0.05) is 13.2 Å². The summed E-state index contributed by atoms with van der Waals surface area (Å²) < 4.78 is 10.8. The third kappa shape index (κ3) is 5.50. The molecule has 0 saturated carbocycles. The van der Waals surface area contributed by atoms with E-state index in [-0.39, 0.29) is 0 Å². The highest BCUT2D eigenvalue weighted by Gasteiger charge is 2.17. The first-order valence-corrected chi connectivity index (χ1v) is 6.24. The van der Waals surface area contributed by atoms with Gasteiger partial charge in [-0.25, -0.2) is 0 Å². The summed E-state index contributed by atoms with van der Waals surface area (Å²) in [7, 11) is 0. The predicted molar refractivity (Wildman–Crippen MR) is 62.2 cm³/mol. The van der Waals surface area contributed by atoms with E-state index in [2.05, 4.69) is 11.8 Å². The molecule has 15 heavy (non-hydrogen) atoms. The maximum absolute atomic E-state index is 5.60. The molecule has 0 spiro atoms. The van der Waals surface area contributed by atoms with Gasteiger partial charge in [-0.1, -0.05) is 6.92 Å². The topological polar surface area (TPSA) is 21.7 Å². The summed E-state index contributed by atoms with van der Waals surface area (Å²) >= 11 is 0. The second-order valence-corrected chi connectivity index (χ2v) is 4.15. The Morgan fingerprint density at radius 2 is 1.73 bits per heavy atom. The third-order valence-corrected chi connectivity index (χ3v) is 3.08. The van der Waals surface area contributed by atoms with Crippen molar-refractivity contribution in [2.45, 2.75) is 26.7 Å². The van der Waals surface area contributed by atoms with Crippen LogP contribution in [0.5, 0.6) is 0 Å². The second kappa shape index (κ2) is 8.08. The normalized spacial score (nSPS) is 19.6. The largest absolute Gasteiger partial charge is 0.379 e. The maximum atomic E-state index is 5.60. The van der Waals surface area contributed by atoms with Crippen LogP contribution in [0.3, 0.4) is 0 Å². The Morgan fingerprint density at radius 3 is 2.33 bits per heavy atom. The van der Waals surface area contributed by atoms with Gasteiger partial charge in [0.05, 0.1) is 13.2 Å². The number of piperidine rings is 1. The molecular formula is C12H25NO2. The zero-order valence-electron chi connectivity index (χ0n) is 10.2. The van der Waals surface area contributed by atoms with Crippen molar-refractivity contribution in [1.82, 2.24) is 4.90 Å². The van der Waals surface area contributed by atoms with Crippen molar-refractivity contribution in [2.24, 2.45) is 5.92 Å². The average Bonchev–Trinajstić information content (AvgIpc) is 2.30. The van der Waals surface area contributed by atoms with E-state index < -0.39 is 0 Å². The van der Waals surface area contributed by atoms with Crippen LogP contribution in [0.25, 0.3) is 0 Å². The van der Waals surface area contributed by atoms with E-state index in [4.69, 9.17) is 9.47 Å². The number of nitrogens with zero attached hydrogens (tertiary/aromatic N) is 1. The third-order valence-electron chi connectivity index (χ3n) is 3.08. The van der Waals surface area contributed by atoms with E-state index in [9.17, 15) is 0 Å². The van der Waals surface area contributed by atoms with E-state index in [0.29, 0.717) is 0 Å². The van der Waals surface area contributed by atoms with Crippen LogP contribution in [0.4, 0.5) is 0 Å². The van der Waals surface area contributed by atoms with Crippen LogP contribution in [0, 0.1) is 5.92 Å². The molecule has 0 atom stereocenters. The summed E-state index contributed by atoms with van der Waals surface area (Å²) in [6.07, 6.45) is 2.59. The molecule has 3 heteroatoms. The number of rotatable bonds is 7. The molecular weight excluding hydrogens is 190 g/mol. The quantitative estimate of drug-likeness (QED) is 0.604. The zero-order valence-corrected chi connectivity index (χ0v) is 10.2. The minimum absolute atomic E-state index is 0.740. The molecule has 0 N–H and O–H groups in total. The lowest BCUT2D eigenvalue weighted by molar-refractivity contribution is 0.0250. The zero-order chi connectivity index (χ0) is 10.9. The summed E-state index contributed by atoms with van der Waals surface area (Å²) in [5, 5.41) is 0. The van der Waals surface area contributed by atoms with Crippen LogP contribution < -0.4 is 0 Å². The molecule has 1 fully saturated rings. The molecule has 0 radical (unpaired) electrons. The minimum Gasteiger partial charge on any atom is -0.379 e. The van der Waals surface area contributed by atoms with E-state index in [1.807, 2.05) is 6.92 Å². The van der Waals surface area contributed by atoms with Crippen molar-refractivity contribution in [3.63, 3.8) is 0 Å². The van der Waals surface area contributed by atoms with Gasteiger partial charge in [-0.3, -0.25) is 0 Å². The molecule has 0 aliphatic carbocycles. The molecule has 0 unspecified atom stereocenters. The molecule has 0 aromatic rings.